The summed E-state index contributed by atoms with van der Waals surface area (Å²) in [6, 6.07) is 0. The van der Waals surface area contributed by atoms with E-state index in [9.17, 15) is 0 Å². The molecule has 0 aliphatic carbocycles. The van der Waals surface area contributed by atoms with Crippen LogP contribution in [0.1, 0.15) is 53.9 Å². The van der Waals surface area contributed by atoms with Gasteiger partial charge >= 0.3 is 0 Å². The van der Waals surface area contributed by atoms with Crippen molar-refractivity contribution in [2.24, 2.45) is 5.73 Å². The summed E-state index contributed by atoms with van der Waals surface area (Å²) >= 11 is 0. The van der Waals surface area contributed by atoms with Gasteiger partial charge in [0.1, 0.15) is 0 Å². The molecule has 2 aliphatic heterocycles. The van der Waals surface area contributed by atoms with Gasteiger partial charge in [0.15, 0.2) is 0 Å². The molecule has 2 N–H and O–H groups in total. The number of rotatable bonds is 5. The predicted molar refractivity (Wildman–Crippen MR) is 81.9 cm³/mol. The number of ether oxygens (including phenoxy) is 2. The van der Waals surface area contributed by atoms with Crippen molar-refractivity contribution in [2.75, 3.05) is 26.2 Å². The van der Waals surface area contributed by atoms with E-state index < -0.39 is 0 Å². The summed E-state index contributed by atoms with van der Waals surface area (Å²) < 4.78 is 12.2. The summed E-state index contributed by atoms with van der Waals surface area (Å²) in [5, 5.41) is 0. The van der Waals surface area contributed by atoms with Crippen molar-refractivity contribution in [2.45, 2.75) is 76.7 Å². The zero-order chi connectivity index (χ0) is 15.0. The maximum absolute atomic E-state index is 6.33. The molecule has 0 saturated carbocycles. The van der Waals surface area contributed by atoms with Gasteiger partial charge in [0.25, 0.3) is 0 Å². The Bertz CT molecular complexity index is 337. The van der Waals surface area contributed by atoms with Crippen LogP contribution in [-0.4, -0.2) is 54.0 Å². The minimum Gasteiger partial charge on any atom is -0.377 e. The first kappa shape index (κ1) is 16.2. The number of hydrogen-bond acceptors (Lipinski definition) is 4. The van der Waals surface area contributed by atoms with Crippen molar-refractivity contribution >= 4 is 0 Å². The first-order valence-corrected chi connectivity index (χ1v) is 8.03. The van der Waals surface area contributed by atoms with Gasteiger partial charge in [-0.2, -0.15) is 0 Å². The molecule has 2 unspecified atom stereocenters. The first-order chi connectivity index (χ1) is 9.26. The van der Waals surface area contributed by atoms with E-state index in [-0.39, 0.29) is 16.7 Å². The molecule has 0 aromatic rings. The predicted octanol–water partition coefficient (Wildman–Crippen LogP) is 2.16. The largest absolute Gasteiger partial charge is 0.377 e. The number of likely N-dealkylation sites (N-methyl/N-ethyl adjacent to an activating group) is 1. The Labute approximate surface area is 124 Å². The smallest absolute Gasteiger partial charge is 0.0830 e. The van der Waals surface area contributed by atoms with Crippen LogP contribution in [0.2, 0.25) is 0 Å². The Morgan fingerprint density at radius 3 is 2.35 bits per heavy atom. The number of hydrogen-bond donors (Lipinski definition) is 1. The van der Waals surface area contributed by atoms with Gasteiger partial charge < -0.3 is 15.2 Å². The van der Waals surface area contributed by atoms with E-state index in [0.29, 0.717) is 12.6 Å². The minimum atomic E-state index is -0.236. The zero-order valence-corrected chi connectivity index (χ0v) is 13.9. The van der Waals surface area contributed by atoms with E-state index in [1.807, 2.05) is 0 Å². The van der Waals surface area contributed by atoms with E-state index >= 15 is 0 Å². The Balaban J connectivity index is 2.22. The van der Waals surface area contributed by atoms with Crippen LogP contribution in [0.4, 0.5) is 0 Å². The van der Waals surface area contributed by atoms with Gasteiger partial charge in [-0.25, -0.2) is 0 Å². The fraction of sp³-hybridized carbons (Fsp3) is 1.00. The summed E-state index contributed by atoms with van der Waals surface area (Å²) in [5.74, 6) is 0. The van der Waals surface area contributed by atoms with E-state index in [1.165, 1.54) is 12.8 Å². The summed E-state index contributed by atoms with van der Waals surface area (Å²) in [6.45, 7) is 14.4. The molecule has 2 atom stereocenters. The quantitative estimate of drug-likeness (QED) is 0.840. The summed E-state index contributed by atoms with van der Waals surface area (Å²) in [4.78, 5) is 2.51. The average Bonchev–Trinajstić information content (AvgIpc) is 2.90. The Kier molecular flexibility index (Phi) is 4.51. The van der Waals surface area contributed by atoms with Gasteiger partial charge in [0.2, 0.25) is 0 Å². The SMILES string of the molecule is CCN(CC1CCCO1)C1(CN)CC(C)(C)OC1(C)C. The standard InChI is InChI=1S/C16H32N2O2/c1-6-18(10-13-8-7-9-19-13)16(12-17)11-14(2,3)20-15(16,4)5/h13H,6-12,17H2,1-5H3. The zero-order valence-electron chi connectivity index (χ0n) is 13.9. The molecule has 4 nitrogen and oxygen atoms in total. The minimum absolute atomic E-state index is 0.1000. The van der Waals surface area contributed by atoms with Gasteiger partial charge in [0.05, 0.1) is 22.8 Å². The Morgan fingerprint density at radius 1 is 1.25 bits per heavy atom. The molecule has 2 rings (SSSR count). The molecule has 118 valence electrons. The highest BCUT2D eigenvalue weighted by Crippen LogP contribution is 2.48. The lowest BCUT2D eigenvalue weighted by Gasteiger charge is -2.48. The molecule has 20 heavy (non-hydrogen) atoms. The second kappa shape index (κ2) is 5.56. The molecular weight excluding hydrogens is 252 g/mol. The van der Waals surface area contributed by atoms with Crippen LogP contribution >= 0.6 is 0 Å². The molecule has 0 radical (unpaired) electrons. The molecular formula is C16H32N2O2. The average molecular weight is 284 g/mol. The van der Waals surface area contributed by atoms with E-state index in [1.54, 1.807) is 0 Å². The van der Waals surface area contributed by atoms with Crippen LogP contribution in [0, 0.1) is 0 Å². The molecule has 0 spiro atoms. The van der Waals surface area contributed by atoms with E-state index in [0.717, 1.165) is 26.1 Å². The van der Waals surface area contributed by atoms with Crippen molar-refractivity contribution in [3.8, 4) is 0 Å². The van der Waals surface area contributed by atoms with Crippen LogP contribution in [0.5, 0.6) is 0 Å². The van der Waals surface area contributed by atoms with Crippen LogP contribution in [-0.2, 0) is 9.47 Å². The second-order valence-electron chi connectivity index (χ2n) is 7.46. The summed E-state index contributed by atoms with van der Waals surface area (Å²) in [6.07, 6.45) is 3.69. The Hall–Kier alpha value is -0.160. The molecule has 0 aromatic heterocycles. The van der Waals surface area contributed by atoms with Gasteiger partial charge in [-0.05, 0) is 53.5 Å². The van der Waals surface area contributed by atoms with Crippen molar-refractivity contribution < 1.29 is 9.47 Å². The molecule has 0 bridgehead atoms. The van der Waals surface area contributed by atoms with Crippen molar-refractivity contribution in [1.29, 1.82) is 0 Å². The second-order valence-corrected chi connectivity index (χ2v) is 7.46. The molecule has 0 aromatic carbocycles. The third-order valence-corrected chi connectivity index (χ3v) is 5.14. The highest BCUT2D eigenvalue weighted by Gasteiger charge is 2.59. The molecule has 2 fully saturated rings. The fourth-order valence-electron chi connectivity index (χ4n) is 4.32. The van der Waals surface area contributed by atoms with Crippen LogP contribution in [0.15, 0.2) is 0 Å². The molecule has 2 saturated heterocycles. The van der Waals surface area contributed by atoms with Crippen LogP contribution in [0.3, 0.4) is 0 Å². The van der Waals surface area contributed by atoms with Crippen LogP contribution in [0.25, 0.3) is 0 Å². The molecule has 2 aliphatic rings. The van der Waals surface area contributed by atoms with Gasteiger partial charge in [-0.1, -0.05) is 6.92 Å². The lowest BCUT2D eigenvalue weighted by Crippen LogP contribution is -2.64. The van der Waals surface area contributed by atoms with E-state index in [4.69, 9.17) is 15.2 Å². The molecule has 0 amide bonds. The van der Waals surface area contributed by atoms with Gasteiger partial charge in [-0.15, -0.1) is 0 Å². The maximum Gasteiger partial charge on any atom is 0.0830 e. The van der Waals surface area contributed by atoms with Gasteiger partial charge in [0, 0.05) is 19.7 Å². The van der Waals surface area contributed by atoms with Gasteiger partial charge in [-0.3, -0.25) is 4.90 Å². The fourth-order valence-corrected chi connectivity index (χ4v) is 4.32. The van der Waals surface area contributed by atoms with E-state index in [2.05, 4.69) is 39.5 Å². The highest BCUT2D eigenvalue weighted by molar-refractivity contribution is 5.13. The lowest BCUT2D eigenvalue weighted by atomic mass is 9.77. The normalized spacial score (nSPS) is 35.9. The van der Waals surface area contributed by atoms with Crippen molar-refractivity contribution in [3.63, 3.8) is 0 Å². The van der Waals surface area contributed by atoms with Crippen molar-refractivity contribution in [3.05, 3.63) is 0 Å². The molecule has 4 heteroatoms. The monoisotopic (exact) mass is 284 g/mol. The molecule has 2 heterocycles. The Morgan fingerprint density at radius 2 is 1.95 bits per heavy atom. The number of nitrogens with zero attached hydrogens (tertiary/aromatic N) is 1. The summed E-state index contributed by atoms with van der Waals surface area (Å²) in [7, 11) is 0. The maximum atomic E-state index is 6.33. The van der Waals surface area contributed by atoms with Crippen molar-refractivity contribution in [1.82, 2.24) is 4.90 Å². The third kappa shape index (κ3) is 2.76. The third-order valence-electron chi connectivity index (χ3n) is 5.14. The summed E-state index contributed by atoms with van der Waals surface area (Å²) in [5.41, 5.74) is 5.80. The lowest BCUT2D eigenvalue weighted by molar-refractivity contribution is -0.108. The topological polar surface area (TPSA) is 47.7 Å². The van der Waals surface area contributed by atoms with Crippen LogP contribution < -0.4 is 5.73 Å². The first-order valence-electron chi connectivity index (χ1n) is 8.03. The highest BCUT2D eigenvalue weighted by atomic mass is 16.5. The number of nitrogens with two attached hydrogens (primary N) is 1.